The molecule has 0 saturated carbocycles. The van der Waals surface area contributed by atoms with Crippen molar-refractivity contribution in [2.75, 3.05) is 13.2 Å². The van der Waals surface area contributed by atoms with Crippen LogP contribution in [0.1, 0.15) is 10.5 Å². The number of aliphatic hydroxyl groups excluding tert-OH is 1. The number of nitrogens with zero attached hydrogens (tertiary/aromatic N) is 1. The Kier molecular flexibility index (Phi) is 3.59. The largest absolute Gasteiger partial charge is 0.491 e. The number of carboxylic acid groups (broad SMARTS) is 1. The van der Waals surface area contributed by atoms with Crippen LogP contribution in [0.25, 0.3) is 11.3 Å². The molecule has 0 atom stereocenters. The molecule has 0 saturated heterocycles. The van der Waals surface area contributed by atoms with Crippen molar-refractivity contribution < 1.29 is 24.3 Å². The summed E-state index contributed by atoms with van der Waals surface area (Å²) in [5, 5.41) is 20.8. The zero-order valence-electron chi connectivity index (χ0n) is 9.37. The summed E-state index contributed by atoms with van der Waals surface area (Å²) in [6, 6.07) is 8.24. The highest BCUT2D eigenvalue weighted by atomic mass is 16.5. The monoisotopic (exact) mass is 249 g/mol. The molecule has 0 aliphatic rings. The van der Waals surface area contributed by atoms with Crippen LogP contribution in [-0.2, 0) is 0 Å². The first-order valence-corrected chi connectivity index (χ1v) is 5.25. The van der Waals surface area contributed by atoms with E-state index >= 15 is 0 Å². The molecule has 2 aromatic rings. The van der Waals surface area contributed by atoms with E-state index in [9.17, 15) is 4.79 Å². The van der Waals surface area contributed by atoms with E-state index in [1.807, 2.05) is 0 Å². The van der Waals surface area contributed by atoms with E-state index in [2.05, 4.69) is 5.16 Å². The lowest BCUT2D eigenvalue weighted by Crippen LogP contribution is -2.01. The Morgan fingerprint density at radius 2 is 2.22 bits per heavy atom. The van der Waals surface area contributed by atoms with Crippen LogP contribution in [-0.4, -0.2) is 34.6 Å². The smallest absolute Gasteiger partial charge is 0.358 e. The summed E-state index contributed by atoms with van der Waals surface area (Å²) in [6.07, 6.45) is 0. The van der Waals surface area contributed by atoms with Crippen LogP contribution in [0, 0.1) is 0 Å². The number of rotatable bonds is 5. The average Bonchev–Trinajstić information content (AvgIpc) is 2.86. The summed E-state index contributed by atoms with van der Waals surface area (Å²) in [5.41, 5.74) is 0.511. The topological polar surface area (TPSA) is 92.8 Å². The summed E-state index contributed by atoms with van der Waals surface area (Å²) in [6.45, 7) is 0.121. The molecule has 0 spiro atoms. The van der Waals surface area contributed by atoms with Crippen LogP contribution >= 0.6 is 0 Å². The molecular formula is C12H11NO5. The van der Waals surface area contributed by atoms with Crippen molar-refractivity contribution in [3.8, 4) is 17.1 Å². The average molecular weight is 249 g/mol. The Balaban J connectivity index is 2.23. The third kappa shape index (κ3) is 2.67. The lowest BCUT2D eigenvalue weighted by atomic mass is 10.1. The molecule has 2 N–H and O–H groups in total. The minimum absolute atomic E-state index is 0.0737. The second kappa shape index (κ2) is 5.33. The first-order chi connectivity index (χ1) is 8.70. The summed E-state index contributed by atoms with van der Waals surface area (Å²) >= 11 is 0. The van der Waals surface area contributed by atoms with Crippen LogP contribution in [0.3, 0.4) is 0 Å². The molecule has 0 aliphatic carbocycles. The van der Waals surface area contributed by atoms with Crippen molar-refractivity contribution in [2.45, 2.75) is 0 Å². The second-order valence-electron chi connectivity index (χ2n) is 3.48. The van der Waals surface area contributed by atoms with Crippen molar-refractivity contribution >= 4 is 5.97 Å². The molecule has 1 heterocycles. The number of carbonyl (C=O) groups is 1. The standard InChI is InChI=1S/C12H11NO5/c14-4-5-17-9-3-1-2-8(6-9)11-7-10(12(15)16)13-18-11/h1-3,6-7,14H,4-5H2,(H,15,16). The van der Waals surface area contributed by atoms with Crippen molar-refractivity contribution in [2.24, 2.45) is 0 Å². The molecule has 1 aromatic heterocycles. The Bertz CT molecular complexity index is 549. The Morgan fingerprint density at radius 1 is 1.39 bits per heavy atom. The van der Waals surface area contributed by atoms with Crippen molar-refractivity contribution in [3.05, 3.63) is 36.0 Å². The summed E-state index contributed by atoms with van der Waals surface area (Å²) < 4.78 is 10.2. The van der Waals surface area contributed by atoms with Crippen LogP contribution in [0.4, 0.5) is 0 Å². The number of aromatic carboxylic acids is 1. The van der Waals surface area contributed by atoms with E-state index < -0.39 is 5.97 Å². The highest BCUT2D eigenvalue weighted by molar-refractivity contribution is 5.86. The third-order valence-electron chi connectivity index (χ3n) is 2.21. The number of hydrogen-bond acceptors (Lipinski definition) is 5. The Morgan fingerprint density at radius 3 is 2.89 bits per heavy atom. The maximum atomic E-state index is 10.7. The van der Waals surface area contributed by atoms with Gasteiger partial charge < -0.3 is 19.5 Å². The number of hydrogen-bond donors (Lipinski definition) is 2. The predicted octanol–water partition coefficient (Wildman–Crippen LogP) is 1.41. The lowest BCUT2D eigenvalue weighted by molar-refractivity contribution is 0.0686. The van der Waals surface area contributed by atoms with Gasteiger partial charge in [0.25, 0.3) is 0 Å². The highest BCUT2D eigenvalue weighted by Gasteiger charge is 2.12. The van der Waals surface area contributed by atoms with Crippen LogP contribution in [0.15, 0.2) is 34.9 Å². The van der Waals surface area contributed by atoms with E-state index in [1.54, 1.807) is 24.3 Å². The molecule has 6 heteroatoms. The van der Waals surface area contributed by atoms with Gasteiger partial charge in [0.2, 0.25) is 0 Å². The van der Waals surface area contributed by atoms with Crippen molar-refractivity contribution in [1.29, 1.82) is 0 Å². The summed E-state index contributed by atoms with van der Waals surface area (Å²) in [7, 11) is 0. The van der Waals surface area contributed by atoms with Gasteiger partial charge in [-0.15, -0.1) is 0 Å². The molecule has 2 rings (SSSR count). The van der Waals surface area contributed by atoms with Crippen LogP contribution in [0.2, 0.25) is 0 Å². The number of carboxylic acids is 1. The van der Waals surface area contributed by atoms with Gasteiger partial charge in [-0.1, -0.05) is 17.3 Å². The van der Waals surface area contributed by atoms with Gasteiger partial charge in [0.05, 0.1) is 6.61 Å². The summed E-state index contributed by atoms with van der Waals surface area (Å²) in [4.78, 5) is 10.7. The molecule has 0 amide bonds. The molecule has 0 aliphatic heterocycles. The van der Waals surface area contributed by atoms with Gasteiger partial charge in [-0.25, -0.2) is 4.79 Å². The zero-order valence-corrected chi connectivity index (χ0v) is 9.37. The fourth-order valence-electron chi connectivity index (χ4n) is 1.41. The van der Waals surface area contributed by atoms with Crippen molar-refractivity contribution in [1.82, 2.24) is 5.16 Å². The van der Waals surface area contributed by atoms with Gasteiger partial charge in [0.1, 0.15) is 12.4 Å². The molecule has 94 valence electrons. The fourth-order valence-corrected chi connectivity index (χ4v) is 1.41. The minimum atomic E-state index is -1.14. The maximum absolute atomic E-state index is 10.7. The Hall–Kier alpha value is -2.34. The highest BCUT2D eigenvalue weighted by Crippen LogP contribution is 2.24. The van der Waals surface area contributed by atoms with Gasteiger partial charge in [-0.2, -0.15) is 0 Å². The molecular weight excluding hydrogens is 238 g/mol. The number of ether oxygens (including phenoxy) is 1. The molecule has 1 aromatic carbocycles. The molecule has 0 fully saturated rings. The molecule has 0 bridgehead atoms. The van der Waals surface area contributed by atoms with E-state index in [-0.39, 0.29) is 18.9 Å². The first kappa shape index (κ1) is 12.1. The number of benzene rings is 1. The van der Waals surface area contributed by atoms with Crippen LogP contribution < -0.4 is 4.74 Å². The SMILES string of the molecule is O=C(O)c1cc(-c2cccc(OCCO)c2)on1. The Labute approximate surface area is 102 Å². The van der Waals surface area contributed by atoms with Gasteiger partial charge >= 0.3 is 5.97 Å². The minimum Gasteiger partial charge on any atom is -0.491 e. The molecule has 0 radical (unpaired) electrons. The third-order valence-corrected chi connectivity index (χ3v) is 2.21. The van der Waals surface area contributed by atoms with Gasteiger partial charge in [-0.05, 0) is 12.1 Å². The van der Waals surface area contributed by atoms with E-state index in [0.29, 0.717) is 17.1 Å². The molecule has 18 heavy (non-hydrogen) atoms. The van der Waals surface area contributed by atoms with Gasteiger partial charge in [-0.3, -0.25) is 0 Å². The van der Waals surface area contributed by atoms with Gasteiger partial charge in [0.15, 0.2) is 11.5 Å². The number of aromatic nitrogens is 1. The van der Waals surface area contributed by atoms with E-state index in [1.165, 1.54) is 6.07 Å². The second-order valence-corrected chi connectivity index (χ2v) is 3.48. The predicted molar refractivity (Wildman–Crippen MR) is 61.5 cm³/mol. The zero-order chi connectivity index (χ0) is 13.0. The quantitative estimate of drug-likeness (QED) is 0.832. The van der Waals surface area contributed by atoms with Crippen molar-refractivity contribution in [3.63, 3.8) is 0 Å². The summed E-state index contributed by atoms with van der Waals surface area (Å²) in [5.74, 6) is -0.227. The molecule has 6 nitrogen and oxygen atoms in total. The lowest BCUT2D eigenvalue weighted by Gasteiger charge is -2.04. The maximum Gasteiger partial charge on any atom is 0.358 e. The van der Waals surface area contributed by atoms with E-state index in [0.717, 1.165) is 0 Å². The van der Waals surface area contributed by atoms with Gasteiger partial charge in [0, 0.05) is 11.6 Å². The first-order valence-electron chi connectivity index (χ1n) is 5.25. The fraction of sp³-hybridized carbons (Fsp3) is 0.167. The number of aliphatic hydroxyl groups is 1. The normalized spacial score (nSPS) is 10.3. The molecule has 0 unspecified atom stereocenters. The van der Waals surface area contributed by atoms with Crippen LogP contribution in [0.5, 0.6) is 5.75 Å². The van der Waals surface area contributed by atoms with E-state index in [4.69, 9.17) is 19.5 Å².